The smallest absolute Gasteiger partial charge is 0.326 e. The van der Waals surface area contributed by atoms with E-state index in [1.165, 1.54) is 6.07 Å². The van der Waals surface area contributed by atoms with Crippen LogP contribution in [0.15, 0.2) is 35.1 Å². The Hall–Kier alpha value is -2.70. The van der Waals surface area contributed by atoms with Crippen molar-refractivity contribution in [1.82, 2.24) is 15.5 Å². The standard InChI is InChI=1S/C15H15N3O4/c19-14(17-12(15(20)21)6-9-3-4-9)11-7-13(22-18-11)10-2-1-5-16-8-10/h1-2,5,7-9,12H,3-4,6H2,(H,17,19)(H,20,21). The van der Waals surface area contributed by atoms with Crippen LogP contribution in [-0.4, -0.2) is 33.2 Å². The largest absolute Gasteiger partial charge is 0.480 e. The molecule has 7 nitrogen and oxygen atoms in total. The molecule has 0 aliphatic heterocycles. The minimum atomic E-state index is -1.03. The van der Waals surface area contributed by atoms with Gasteiger partial charge in [0.05, 0.1) is 0 Å². The third-order valence-electron chi connectivity index (χ3n) is 3.56. The topological polar surface area (TPSA) is 105 Å². The number of rotatable bonds is 6. The van der Waals surface area contributed by atoms with E-state index in [1.54, 1.807) is 24.5 Å². The maximum Gasteiger partial charge on any atom is 0.326 e. The SMILES string of the molecule is O=C(NC(CC1CC1)C(=O)O)c1cc(-c2cccnc2)on1. The second kappa shape index (κ2) is 5.97. The van der Waals surface area contributed by atoms with E-state index >= 15 is 0 Å². The van der Waals surface area contributed by atoms with Crippen molar-refractivity contribution in [3.05, 3.63) is 36.3 Å². The first-order chi connectivity index (χ1) is 10.6. The minimum Gasteiger partial charge on any atom is -0.480 e. The highest BCUT2D eigenvalue weighted by atomic mass is 16.5. The Kier molecular flexibility index (Phi) is 3.86. The maximum absolute atomic E-state index is 12.1. The van der Waals surface area contributed by atoms with Gasteiger partial charge in [-0.05, 0) is 24.5 Å². The summed E-state index contributed by atoms with van der Waals surface area (Å²) in [5, 5.41) is 15.3. The number of aliphatic carboxylic acids is 1. The summed E-state index contributed by atoms with van der Waals surface area (Å²) >= 11 is 0. The maximum atomic E-state index is 12.1. The van der Waals surface area contributed by atoms with Gasteiger partial charge >= 0.3 is 5.97 Å². The number of carboxylic acids is 1. The van der Waals surface area contributed by atoms with E-state index < -0.39 is 17.9 Å². The number of hydrogen-bond acceptors (Lipinski definition) is 5. The van der Waals surface area contributed by atoms with Crippen molar-refractivity contribution in [1.29, 1.82) is 0 Å². The summed E-state index contributed by atoms with van der Waals surface area (Å²) in [5.41, 5.74) is 0.753. The van der Waals surface area contributed by atoms with E-state index in [4.69, 9.17) is 9.63 Å². The summed E-state index contributed by atoms with van der Waals surface area (Å²) in [6.45, 7) is 0. The zero-order chi connectivity index (χ0) is 15.5. The second-order valence-electron chi connectivity index (χ2n) is 5.36. The molecule has 2 heterocycles. The van der Waals surface area contributed by atoms with E-state index in [9.17, 15) is 9.59 Å². The first kappa shape index (κ1) is 14.2. The minimum absolute atomic E-state index is 0.0564. The Balaban J connectivity index is 1.69. The number of carbonyl (C=O) groups is 2. The molecule has 1 fully saturated rings. The Morgan fingerprint density at radius 2 is 2.27 bits per heavy atom. The van der Waals surface area contributed by atoms with Crippen LogP contribution >= 0.6 is 0 Å². The van der Waals surface area contributed by atoms with Gasteiger partial charge in [-0.3, -0.25) is 9.78 Å². The average Bonchev–Trinajstić information content (AvgIpc) is 3.20. The molecule has 1 amide bonds. The number of aromatic nitrogens is 2. The van der Waals surface area contributed by atoms with E-state index in [2.05, 4.69) is 15.5 Å². The highest BCUT2D eigenvalue weighted by molar-refractivity contribution is 5.95. The molecule has 0 radical (unpaired) electrons. The van der Waals surface area contributed by atoms with Crippen LogP contribution in [0.3, 0.4) is 0 Å². The number of pyridine rings is 1. The normalized spacial score (nSPS) is 15.3. The van der Waals surface area contributed by atoms with Crippen LogP contribution < -0.4 is 5.32 Å². The molecule has 1 unspecified atom stereocenters. The molecular weight excluding hydrogens is 286 g/mol. The van der Waals surface area contributed by atoms with Crippen molar-refractivity contribution in [3.63, 3.8) is 0 Å². The Bertz CT molecular complexity index is 679. The third-order valence-corrected chi connectivity index (χ3v) is 3.56. The monoisotopic (exact) mass is 301 g/mol. The zero-order valence-corrected chi connectivity index (χ0v) is 11.7. The van der Waals surface area contributed by atoms with Gasteiger partial charge in [-0.2, -0.15) is 0 Å². The van der Waals surface area contributed by atoms with Crippen molar-refractivity contribution in [2.45, 2.75) is 25.3 Å². The average molecular weight is 301 g/mol. The van der Waals surface area contributed by atoms with Gasteiger partial charge in [-0.25, -0.2) is 4.79 Å². The lowest BCUT2D eigenvalue weighted by atomic mass is 10.1. The predicted molar refractivity (Wildman–Crippen MR) is 76.0 cm³/mol. The molecule has 114 valence electrons. The molecule has 1 atom stereocenters. The Morgan fingerprint density at radius 3 is 2.91 bits per heavy atom. The molecule has 3 rings (SSSR count). The number of carboxylic acid groups (broad SMARTS) is 1. The fraction of sp³-hybridized carbons (Fsp3) is 0.333. The van der Waals surface area contributed by atoms with E-state index in [0.717, 1.165) is 12.8 Å². The van der Waals surface area contributed by atoms with Gasteiger partial charge in [0.2, 0.25) is 0 Å². The summed E-state index contributed by atoms with van der Waals surface area (Å²) < 4.78 is 5.11. The summed E-state index contributed by atoms with van der Waals surface area (Å²) in [5.74, 6) is -0.778. The molecule has 1 saturated carbocycles. The first-order valence-electron chi connectivity index (χ1n) is 7.04. The van der Waals surface area contributed by atoms with Crippen LogP contribution in [0, 0.1) is 5.92 Å². The first-order valence-corrected chi connectivity index (χ1v) is 7.04. The highest BCUT2D eigenvalue weighted by Gasteiger charge is 2.31. The number of hydrogen-bond donors (Lipinski definition) is 2. The molecule has 1 aliphatic carbocycles. The number of amides is 1. The van der Waals surface area contributed by atoms with E-state index in [-0.39, 0.29) is 5.69 Å². The highest BCUT2D eigenvalue weighted by Crippen LogP contribution is 2.33. The molecule has 7 heteroatoms. The van der Waals surface area contributed by atoms with Gasteiger partial charge in [-0.1, -0.05) is 18.0 Å². The number of nitrogens with zero attached hydrogens (tertiary/aromatic N) is 2. The van der Waals surface area contributed by atoms with Crippen LogP contribution in [-0.2, 0) is 4.79 Å². The number of carbonyl (C=O) groups excluding carboxylic acids is 1. The molecule has 0 saturated heterocycles. The molecule has 0 bridgehead atoms. The van der Waals surface area contributed by atoms with Crippen molar-refractivity contribution < 1.29 is 19.2 Å². The Labute approximate surface area is 126 Å². The van der Waals surface area contributed by atoms with Gasteiger partial charge < -0.3 is 14.9 Å². The fourth-order valence-corrected chi connectivity index (χ4v) is 2.17. The lowest BCUT2D eigenvalue weighted by molar-refractivity contribution is -0.139. The summed E-state index contributed by atoms with van der Waals surface area (Å²) in [7, 11) is 0. The van der Waals surface area contributed by atoms with E-state index in [1.807, 2.05) is 0 Å². The fourth-order valence-electron chi connectivity index (χ4n) is 2.17. The second-order valence-corrected chi connectivity index (χ2v) is 5.36. The van der Waals surface area contributed by atoms with Crippen molar-refractivity contribution in [2.24, 2.45) is 5.92 Å². The number of nitrogens with one attached hydrogen (secondary N) is 1. The quantitative estimate of drug-likeness (QED) is 0.841. The van der Waals surface area contributed by atoms with Gasteiger partial charge in [0.15, 0.2) is 11.5 Å². The molecular formula is C15H15N3O4. The lowest BCUT2D eigenvalue weighted by Crippen LogP contribution is -2.41. The van der Waals surface area contributed by atoms with Gasteiger partial charge in [-0.15, -0.1) is 0 Å². The van der Waals surface area contributed by atoms with Crippen molar-refractivity contribution in [2.75, 3.05) is 0 Å². The summed E-state index contributed by atoms with van der Waals surface area (Å²) in [4.78, 5) is 27.2. The Morgan fingerprint density at radius 1 is 1.45 bits per heavy atom. The molecule has 0 aromatic carbocycles. The van der Waals surface area contributed by atoms with Crippen LogP contribution in [0.25, 0.3) is 11.3 Å². The lowest BCUT2D eigenvalue weighted by Gasteiger charge is -2.12. The van der Waals surface area contributed by atoms with E-state index in [0.29, 0.717) is 23.7 Å². The van der Waals surface area contributed by atoms with Crippen molar-refractivity contribution in [3.8, 4) is 11.3 Å². The molecule has 22 heavy (non-hydrogen) atoms. The molecule has 1 aliphatic rings. The van der Waals surface area contributed by atoms with Crippen LogP contribution in [0.5, 0.6) is 0 Å². The molecule has 2 aromatic heterocycles. The van der Waals surface area contributed by atoms with Crippen LogP contribution in [0.4, 0.5) is 0 Å². The van der Waals surface area contributed by atoms with Gasteiger partial charge in [0.25, 0.3) is 5.91 Å². The molecule has 0 spiro atoms. The predicted octanol–water partition coefficient (Wildman–Crippen LogP) is 1.72. The van der Waals surface area contributed by atoms with Crippen LogP contribution in [0.2, 0.25) is 0 Å². The third kappa shape index (κ3) is 3.30. The summed E-state index contributed by atoms with van der Waals surface area (Å²) in [6, 6.07) is 4.11. The van der Waals surface area contributed by atoms with Crippen LogP contribution in [0.1, 0.15) is 29.8 Å². The molecule has 2 N–H and O–H groups in total. The summed E-state index contributed by atoms with van der Waals surface area (Å²) in [6.07, 6.45) is 5.72. The van der Waals surface area contributed by atoms with Crippen molar-refractivity contribution >= 4 is 11.9 Å². The van der Waals surface area contributed by atoms with Gasteiger partial charge in [0.1, 0.15) is 6.04 Å². The van der Waals surface area contributed by atoms with Gasteiger partial charge in [0, 0.05) is 24.0 Å². The molecule has 2 aromatic rings. The zero-order valence-electron chi connectivity index (χ0n) is 11.7.